The summed E-state index contributed by atoms with van der Waals surface area (Å²) in [5.41, 5.74) is 0.737. The Balaban J connectivity index is 1.73. The normalized spacial score (nSPS) is 15.3. The Kier molecular flexibility index (Phi) is 5.50. The van der Waals surface area contributed by atoms with Crippen molar-refractivity contribution in [3.05, 3.63) is 48.5 Å². The molecule has 2 N–H and O–H groups in total. The highest BCUT2D eigenvalue weighted by atomic mass is 32.2. The van der Waals surface area contributed by atoms with E-state index in [0.29, 0.717) is 5.69 Å². The van der Waals surface area contributed by atoms with Crippen LogP contribution in [-0.2, 0) is 14.8 Å². The maximum Gasteiger partial charge on any atom is 0.329 e. The molecular weight excluding hydrogens is 389 g/mol. The fraction of sp³-hybridized carbons (Fsp3) is 0.222. The number of rotatable bonds is 7. The Morgan fingerprint density at radius 2 is 1.93 bits per heavy atom. The molecular formula is C18H18FN3O5S. The number of imide groups is 1. The molecule has 1 aliphatic heterocycles. The molecule has 148 valence electrons. The van der Waals surface area contributed by atoms with Gasteiger partial charge in [-0.15, -0.1) is 0 Å². The number of alkyl halides is 1. The van der Waals surface area contributed by atoms with Gasteiger partial charge in [-0.2, -0.15) is 0 Å². The minimum atomic E-state index is -3.90. The van der Waals surface area contributed by atoms with Crippen molar-refractivity contribution in [2.24, 2.45) is 0 Å². The van der Waals surface area contributed by atoms with E-state index in [2.05, 4.69) is 10.0 Å². The second-order valence-electron chi connectivity index (χ2n) is 6.16. The molecule has 3 amide bonds. The van der Waals surface area contributed by atoms with Crippen molar-refractivity contribution in [1.82, 2.24) is 5.32 Å². The Morgan fingerprint density at radius 3 is 2.54 bits per heavy atom. The molecule has 3 rings (SSSR count). The summed E-state index contributed by atoms with van der Waals surface area (Å²) in [5, 5.41) is 2.16. The highest BCUT2D eigenvalue weighted by Gasteiger charge is 2.27. The average molecular weight is 407 g/mol. The summed E-state index contributed by atoms with van der Waals surface area (Å²) in [6.45, 7) is 1.08. The lowest BCUT2D eigenvalue weighted by Gasteiger charge is -2.14. The number of ether oxygens (including phenoxy) is 1. The van der Waals surface area contributed by atoms with Crippen molar-refractivity contribution in [1.29, 1.82) is 0 Å². The minimum Gasteiger partial charge on any atom is -0.491 e. The lowest BCUT2D eigenvalue weighted by Crippen LogP contribution is -2.27. The number of halogens is 1. The number of benzene rings is 2. The van der Waals surface area contributed by atoms with Gasteiger partial charge >= 0.3 is 6.03 Å². The summed E-state index contributed by atoms with van der Waals surface area (Å²) in [6, 6.07) is 11.2. The summed E-state index contributed by atoms with van der Waals surface area (Å²) in [6.07, 6.45) is -1.18. The third kappa shape index (κ3) is 4.58. The van der Waals surface area contributed by atoms with E-state index in [9.17, 15) is 22.4 Å². The molecule has 1 heterocycles. The number of carbonyl (C=O) groups is 2. The van der Waals surface area contributed by atoms with Crippen LogP contribution in [0, 0.1) is 0 Å². The van der Waals surface area contributed by atoms with Gasteiger partial charge in [-0.05, 0) is 43.3 Å². The number of carbonyl (C=O) groups excluding carboxylic acids is 2. The Morgan fingerprint density at radius 1 is 1.21 bits per heavy atom. The molecule has 0 spiro atoms. The molecule has 0 bridgehead atoms. The van der Waals surface area contributed by atoms with Crippen molar-refractivity contribution in [3.63, 3.8) is 0 Å². The van der Waals surface area contributed by atoms with Crippen molar-refractivity contribution >= 4 is 33.3 Å². The zero-order valence-corrected chi connectivity index (χ0v) is 15.7. The summed E-state index contributed by atoms with van der Waals surface area (Å²) < 4.78 is 45.7. The number of sulfonamides is 1. The van der Waals surface area contributed by atoms with Crippen LogP contribution in [0.1, 0.15) is 6.92 Å². The van der Waals surface area contributed by atoms with Crippen molar-refractivity contribution in [2.45, 2.75) is 18.0 Å². The van der Waals surface area contributed by atoms with Gasteiger partial charge in [-0.1, -0.05) is 6.07 Å². The number of anilines is 2. The Bertz CT molecular complexity index is 993. The van der Waals surface area contributed by atoms with Crippen LogP contribution in [0.3, 0.4) is 0 Å². The van der Waals surface area contributed by atoms with E-state index in [1.807, 2.05) is 0 Å². The number of nitrogens with one attached hydrogen (secondary N) is 2. The monoisotopic (exact) mass is 407 g/mol. The zero-order valence-electron chi connectivity index (χ0n) is 14.9. The molecule has 1 saturated heterocycles. The van der Waals surface area contributed by atoms with E-state index in [4.69, 9.17) is 4.74 Å². The van der Waals surface area contributed by atoms with Gasteiger partial charge in [-0.3, -0.25) is 19.7 Å². The van der Waals surface area contributed by atoms with Crippen LogP contribution in [-0.4, -0.2) is 39.7 Å². The number of hydrogen-bond donors (Lipinski definition) is 2. The van der Waals surface area contributed by atoms with Crippen LogP contribution in [0.2, 0.25) is 0 Å². The summed E-state index contributed by atoms with van der Waals surface area (Å²) >= 11 is 0. The molecule has 1 fully saturated rings. The van der Waals surface area contributed by atoms with Crippen molar-refractivity contribution in [3.8, 4) is 5.75 Å². The number of nitrogens with zero attached hydrogens (tertiary/aromatic N) is 1. The number of hydrogen-bond acceptors (Lipinski definition) is 5. The van der Waals surface area contributed by atoms with Gasteiger partial charge in [0.1, 0.15) is 25.1 Å². The maximum absolute atomic E-state index is 12.9. The van der Waals surface area contributed by atoms with Gasteiger partial charge in [-0.25, -0.2) is 17.6 Å². The molecule has 0 aliphatic carbocycles. The largest absolute Gasteiger partial charge is 0.491 e. The first-order chi connectivity index (χ1) is 13.2. The molecule has 10 heteroatoms. The van der Waals surface area contributed by atoms with Crippen LogP contribution in [0.5, 0.6) is 5.75 Å². The van der Waals surface area contributed by atoms with Gasteiger partial charge < -0.3 is 4.74 Å². The van der Waals surface area contributed by atoms with Crippen LogP contribution in [0.15, 0.2) is 53.4 Å². The van der Waals surface area contributed by atoms with Crippen LogP contribution in [0.4, 0.5) is 20.6 Å². The van der Waals surface area contributed by atoms with Gasteiger partial charge in [0.25, 0.3) is 10.0 Å². The van der Waals surface area contributed by atoms with E-state index in [0.717, 1.165) is 0 Å². The van der Waals surface area contributed by atoms with E-state index < -0.39 is 28.1 Å². The van der Waals surface area contributed by atoms with Gasteiger partial charge in [0.15, 0.2) is 0 Å². The first-order valence-corrected chi connectivity index (χ1v) is 9.84. The van der Waals surface area contributed by atoms with E-state index in [1.54, 1.807) is 6.07 Å². The second-order valence-corrected chi connectivity index (χ2v) is 7.84. The van der Waals surface area contributed by atoms with Gasteiger partial charge in [0, 0.05) is 17.4 Å². The third-order valence-electron chi connectivity index (χ3n) is 3.82. The molecule has 2 aromatic rings. The SMILES string of the molecule is CC(F)COc1cccc(S(=O)(=O)Nc2ccc(N3CC(=O)NC3=O)cc2)c1. The minimum absolute atomic E-state index is 0.0369. The van der Waals surface area contributed by atoms with E-state index in [-0.39, 0.29) is 29.5 Å². The lowest BCUT2D eigenvalue weighted by atomic mass is 10.2. The van der Waals surface area contributed by atoms with Crippen LogP contribution >= 0.6 is 0 Å². The fourth-order valence-electron chi connectivity index (χ4n) is 2.52. The molecule has 0 radical (unpaired) electrons. The average Bonchev–Trinajstić information content (AvgIpc) is 2.99. The standard InChI is InChI=1S/C18H18FN3O5S/c1-12(19)11-27-15-3-2-4-16(9-15)28(25,26)21-13-5-7-14(8-6-13)22-10-17(23)20-18(22)24/h2-9,12,21H,10-11H2,1H3,(H,20,23,24). The first-order valence-electron chi connectivity index (χ1n) is 8.36. The molecule has 1 unspecified atom stereocenters. The van der Waals surface area contributed by atoms with Crippen LogP contribution in [0.25, 0.3) is 0 Å². The summed E-state index contributed by atoms with van der Waals surface area (Å²) in [5.74, 6) is -0.161. The third-order valence-corrected chi connectivity index (χ3v) is 5.20. The summed E-state index contributed by atoms with van der Waals surface area (Å²) in [4.78, 5) is 24.1. The van der Waals surface area contributed by atoms with E-state index >= 15 is 0 Å². The molecule has 1 aliphatic rings. The van der Waals surface area contributed by atoms with E-state index in [1.165, 1.54) is 54.3 Å². The molecule has 2 aromatic carbocycles. The number of urea groups is 1. The first kappa shape index (κ1) is 19.6. The van der Waals surface area contributed by atoms with Gasteiger partial charge in [0.2, 0.25) is 5.91 Å². The van der Waals surface area contributed by atoms with Crippen molar-refractivity contribution < 1.29 is 27.1 Å². The number of amides is 3. The molecule has 0 aromatic heterocycles. The Hall–Kier alpha value is -3.14. The fourth-order valence-corrected chi connectivity index (χ4v) is 3.61. The topological polar surface area (TPSA) is 105 Å². The zero-order chi connectivity index (χ0) is 20.3. The predicted molar refractivity (Wildman–Crippen MR) is 101 cm³/mol. The highest BCUT2D eigenvalue weighted by Crippen LogP contribution is 2.23. The van der Waals surface area contributed by atoms with Crippen molar-refractivity contribution in [2.75, 3.05) is 22.8 Å². The highest BCUT2D eigenvalue weighted by molar-refractivity contribution is 7.92. The van der Waals surface area contributed by atoms with Crippen LogP contribution < -0.4 is 19.7 Å². The van der Waals surface area contributed by atoms with Gasteiger partial charge in [0.05, 0.1) is 4.90 Å². The second kappa shape index (κ2) is 7.85. The molecule has 0 saturated carbocycles. The molecule has 1 atom stereocenters. The predicted octanol–water partition coefficient (Wildman–Crippen LogP) is 2.28. The maximum atomic E-state index is 12.9. The quantitative estimate of drug-likeness (QED) is 0.685. The Labute approximate surface area is 161 Å². The molecule has 28 heavy (non-hydrogen) atoms. The lowest BCUT2D eigenvalue weighted by molar-refractivity contribution is -0.117. The molecule has 8 nitrogen and oxygen atoms in total. The summed E-state index contributed by atoms with van der Waals surface area (Å²) in [7, 11) is -3.90. The smallest absolute Gasteiger partial charge is 0.329 e.